The van der Waals surface area contributed by atoms with E-state index in [1.54, 1.807) is 6.20 Å². The van der Waals surface area contributed by atoms with Gasteiger partial charge in [-0.1, -0.05) is 30.3 Å². The highest BCUT2D eigenvalue weighted by molar-refractivity contribution is 7.89. The summed E-state index contributed by atoms with van der Waals surface area (Å²) in [6.07, 6.45) is 0.226. The summed E-state index contributed by atoms with van der Waals surface area (Å²) < 4.78 is 70.0. The number of ether oxygens (including phenoxy) is 1. The molecule has 0 unspecified atom stereocenters. The standard InChI is InChI=1S/C22H22F3N3O3S/c23-22(24,25)31-19-6-8-20(9-7-19)32(29,30)28-13-10-17(11-14-28)16-27-15-12-26-21(27)18-4-2-1-3-5-18/h1-9,12,15,17H,10-11,13-14,16H2. The summed E-state index contributed by atoms with van der Waals surface area (Å²) in [7, 11) is -3.78. The molecule has 4 rings (SSSR count). The molecule has 2 heterocycles. The molecule has 0 saturated carbocycles. The minimum atomic E-state index is -4.82. The summed E-state index contributed by atoms with van der Waals surface area (Å²) in [5.41, 5.74) is 1.02. The molecule has 3 aromatic rings. The molecule has 0 aliphatic carbocycles. The third kappa shape index (κ3) is 5.13. The molecule has 1 saturated heterocycles. The lowest BCUT2D eigenvalue weighted by Crippen LogP contribution is -2.39. The topological polar surface area (TPSA) is 64.4 Å². The molecule has 0 radical (unpaired) electrons. The lowest BCUT2D eigenvalue weighted by molar-refractivity contribution is -0.274. The Kier molecular flexibility index (Phi) is 6.25. The summed E-state index contributed by atoms with van der Waals surface area (Å²) in [4.78, 5) is 4.40. The quantitative estimate of drug-likeness (QED) is 0.536. The van der Waals surface area contributed by atoms with E-state index in [4.69, 9.17) is 0 Å². The molecule has 0 atom stereocenters. The molecule has 6 nitrogen and oxygen atoms in total. The molecule has 1 aromatic heterocycles. The van der Waals surface area contributed by atoms with Gasteiger partial charge >= 0.3 is 6.36 Å². The van der Waals surface area contributed by atoms with Crippen LogP contribution >= 0.6 is 0 Å². The van der Waals surface area contributed by atoms with Crippen LogP contribution in [0.15, 0.2) is 71.9 Å². The van der Waals surface area contributed by atoms with E-state index in [1.165, 1.54) is 4.31 Å². The van der Waals surface area contributed by atoms with Crippen molar-refractivity contribution in [3.8, 4) is 17.1 Å². The van der Waals surface area contributed by atoms with Crippen LogP contribution in [-0.2, 0) is 16.6 Å². The highest BCUT2D eigenvalue weighted by Crippen LogP contribution is 2.28. The molecule has 170 valence electrons. The van der Waals surface area contributed by atoms with Gasteiger partial charge < -0.3 is 9.30 Å². The average molecular weight is 465 g/mol. The number of halogens is 3. The maximum absolute atomic E-state index is 12.9. The van der Waals surface area contributed by atoms with E-state index in [0.29, 0.717) is 31.8 Å². The smallest absolute Gasteiger partial charge is 0.406 e. The van der Waals surface area contributed by atoms with Gasteiger partial charge in [0, 0.05) is 37.6 Å². The average Bonchev–Trinajstić information content (AvgIpc) is 3.22. The Labute approximate surface area is 184 Å². The first-order valence-electron chi connectivity index (χ1n) is 10.1. The Hall–Kier alpha value is -2.85. The first-order chi connectivity index (χ1) is 15.2. The maximum Gasteiger partial charge on any atom is 0.573 e. The summed E-state index contributed by atoms with van der Waals surface area (Å²) in [6.45, 7) is 1.44. The number of hydrogen-bond donors (Lipinski definition) is 0. The zero-order valence-electron chi connectivity index (χ0n) is 17.1. The van der Waals surface area contributed by atoms with Crippen LogP contribution < -0.4 is 4.74 Å². The molecule has 0 spiro atoms. The fraction of sp³-hybridized carbons (Fsp3) is 0.318. The molecular formula is C22H22F3N3O3S. The fourth-order valence-electron chi connectivity index (χ4n) is 3.88. The first kappa shape index (κ1) is 22.3. The molecule has 0 bridgehead atoms. The second-order valence-electron chi connectivity index (χ2n) is 7.64. The van der Waals surface area contributed by atoms with Gasteiger partial charge in [-0.25, -0.2) is 13.4 Å². The highest BCUT2D eigenvalue weighted by atomic mass is 32.2. The molecule has 0 N–H and O–H groups in total. The summed E-state index contributed by atoms with van der Waals surface area (Å²) in [5.74, 6) is 0.715. The van der Waals surface area contributed by atoms with Crippen LogP contribution in [0.1, 0.15) is 12.8 Å². The van der Waals surface area contributed by atoms with Crippen LogP contribution in [0.3, 0.4) is 0 Å². The van der Waals surface area contributed by atoms with Crippen molar-refractivity contribution in [3.63, 3.8) is 0 Å². The van der Waals surface area contributed by atoms with Crippen molar-refractivity contribution in [2.24, 2.45) is 5.92 Å². The number of alkyl halides is 3. The first-order valence-corrected chi connectivity index (χ1v) is 11.6. The second-order valence-corrected chi connectivity index (χ2v) is 9.57. The fourth-order valence-corrected chi connectivity index (χ4v) is 5.35. The Morgan fingerprint density at radius 3 is 2.28 bits per heavy atom. The monoisotopic (exact) mass is 465 g/mol. The van der Waals surface area contributed by atoms with Gasteiger partial charge in [0.1, 0.15) is 11.6 Å². The lowest BCUT2D eigenvalue weighted by Gasteiger charge is -2.31. The van der Waals surface area contributed by atoms with Crippen molar-refractivity contribution >= 4 is 10.0 Å². The van der Waals surface area contributed by atoms with Crippen LogP contribution in [0.2, 0.25) is 0 Å². The minimum absolute atomic E-state index is 0.0496. The van der Waals surface area contributed by atoms with E-state index >= 15 is 0 Å². The van der Waals surface area contributed by atoms with Crippen LogP contribution in [0.25, 0.3) is 11.4 Å². The van der Waals surface area contributed by atoms with E-state index in [9.17, 15) is 21.6 Å². The Morgan fingerprint density at radius 2 is 1.66 bits per heavy atom. The van der Waals surface area contributed by atoms with Gasteiger partial charge in [0.2, 0.25) is 10.0 Å². The molecule has 1 fully saturated rings. The third-order valence-electron chi connectivity index (χ3n) is 5.47. The number of piperidine rings is 1. The van der Waals surface area contributed by atoms with E-state index in [2.05, 4.69) is 14.3 Å². The van der Waals surface area contributed by atoms with Crippen LogP contribution in [0.4, 0.5) is 13.2 Å². The Morgan fingerprint density at radius 1 is 1.00 bits per heavy atom. The summed E-state index contributed by atoms with van der Waals surface area (Å²) in [5, 5.41) is 0. The predicted octanol–water partition coefficient (Wildman–Crippen LogP) is 4.55. The number of nitrogens with zero attached hydrogens (tertiary/aromatic N) is 3. The number of aromatic nitrogens is 2. The minimum Gasteiger partial charge on any atom is -0.406 e. The normalized spacial score (nSPS) is 16.2. The van der Waals surface area contributed by atoms with Crippen molar-refractivity contribution in [2.45, 2.75) is 30.6 Å². The van der Waals surface area contributed by atoms with Gasteiger partial charge in [0.15, 0.2) is 0 Å². The zero-order chi connectivity index (χ0) is 22.8. The molecule has 1 aliphatic heterocycles. The predicted molar refractivity (Wildman–Crippen MR) is 112 cm³/mol. The number of rotatable bonds is 6. The van der Waals surface area contributed by atoms with Crippen molar-refractivity contribution < 1.29 is 26.3 Å². The number of hydrogen-bond acceptors (Lipinski definition) is 4. The lowest BCUT2D eigenvalue weighted by atomic mass is 9.98. The SMILES string of the molecule is O=S(=O)(c1ccc(OC(F)(F)F)cc1)N1CCC(Cn2ccnc2-c2ccccc2)CC1. The zero-order valence-corrected chi connectivity index (χ0v) is 17.9. The molecule has 2 aromatic carbocycles. The van der Waals surface area contributed by atoms with Crippen LogP contribution in [-0.4, -0.2) is 41.7 Å². The van der Waals surface area contributed by atoms with E-state index < -0.39 is 22.1 Å². The number of benzene rings is 2. The van der Waals surface area contributed by atoms with E-state index in [-0.39, 0.29) is 4.90 Å². The van der Waals surface area contributed by atoms with Crippen molar-refractivity contribution in [3.05, 3.63) is 67.0 Å². The highest BCUT2D eigenvalue weighted by Gasteiger charge is 2.32. The van der Waals surface area contributed by atoms with Crippen LogP contribution in [0.5, 0.6) is 5.75 Å². The van der Waals surface area contributed by atoms with Gasteiger partial charge in [-0.2, -0.15) is 4.31 Å². The van der Waals surface area contributed by atoms with Crippen molar-refractivity contribution in [1.29, 1.82) is 0 Å². The van der Waals surface area contributed by atoms with E-state index in [1.807, 2.05) is 36.5 Å². The summed E-state index contributed by atoms with van der Waals surface area (Å²) in [6, 6.07) is 14.2. The molecular weight excluding hydrogens is 443 g/mol. The third-order valence-corrected chi connectivity index (χ3v) is 7.38. The maximum atomic E-state index is 12.9. The number of sulfonamides is 1. The van der Waals surface area contributed by atoms with Gasteiger partial charge in [-0.3, -0.25) is 0 Å². The Balaban J connectivity index is 1.38. The van der Waals surface area contributed by atoms with Gasteiger partial charge in [-0.05, 0) is 43.0 Å². The number of imidazole rings is 1. The molecule has 0 amide bonds. The summed E-state index contributed by atoms with van der Waals surface area (Å²) >= 11 is 0. The molecule has 1 aliphatic rings. The van der Waals surface area contributed by atoms with Crippen molar-refractivity contribution in [1.82, 2.24) is 13.9 Å². The Bertz CT molecular complexity index is 1140. The van der Waals surface area contributed by atoms with Crippen LogP contribution in [0, 0.1) is 5.92 Å². The van der Waals surface area contributed by atoms with Gasteiger partial charge in [-0.15, -0.1) is 13.2 Å². The second kappa shape index (κ2) is 8.95. The molecule has 10 heteroatoms. The molecule has 32 heavy (non-hydrogen) atoms. The van der Waals surface area contributed by atoms with Gasteiger partial charge in [0.25, 0.3) is 0 Å². The van der Waals surface area contributed by atoms with Gasteiger partial charge in [0.05, 0.1) is 4.90 Å². The largest absolute Gasteiger partial charge is 0.573 e. The van der Waals surface area contributed by atoms with Crippen molar-refractivity contribution in [2.75, 3.05) is 13.1 Å². The van der Waals surface area contributed by atoms with E-state index in [0.717, 1.165) is 42.2 Å².